The maximum Gasteiger partial charge on any atom is 0.264 e. The first-order valence-corrected chi connectivity index (χ1v) is 18.4. The van der Waals surface area contributed by atoms with E-state index >= 15 is 4.11 Å². The minimum atomic E-state index is -3.27. The van der Waals surface area contributed by atoms with Crippen molar-refractivity contribution in [2.75, 3.05) is 16.5 Å². The Hall–Kier alpha value is -3.18. The molecule has 10 heteroatoms. The lowest BCUT2D eigenvalue weighted by Gasteiger charge is -2.31. The number of nitrogens with zero attached hydrogens (tertiary/aromatic N) is 3. The van der Waals surface area contributed by atoms with Crippen molar-refractivity contribution in [3.05, 3.63) is 94.0 Å². The van der Waals surface area contributed by atoms with Crippen LogP contribution in [0.1, 0.15) is 42.9 Å². The first-order valence-electron chi connectivity index (χ1n) is 14.7. The van der Waals surface area contributed by atoms with Gasteiger partial charge in [0.1, 0.15) is 0 Å². The molecule has 3 aromatic rings. The van der Waals surface area contributed by atoms with E-state index < -0.39 is 31.6 Å². The highest BCUT2D eigenvalue weighted by molar-refractivity contribution is 9.10. The third-order valence-corrected chi connectivity index (χ3v) is 11.9. The molecule has 0 aromatic heterocycles. The summed E-state index contributed by atoms with van der Waals surface area (Å²) in [6, 6.07) is 23.0. The molecule has 3 aliphatic heterocycles. The standard InChI is InChI=1S/C33H35BrFN3O4Si/c1-21-31(43(2,3)35)29(16-17-39)42-33(21)26-19-24(34)12-14-28(26)37(32(33)41)20-22-8-7-11-25(18-22)38-30(40)15-13-27(36-38)23-9-5-4-6-10-23/h4-12,14,18-19,21,29,31,39H,13,15-17,20H2,1-3H3/t21-,29+,31-,33+/m1/s1. The second-order valence-corrected chi connectivity index (χ2v) is 16.8. The number of amides is 2. The topological polar surface area (TPSA) is 82.4 Å². The number of hydrogen-bond donors (Lipinski definition) is 1. The maximum absolute atomic E-state index is 15.8. The Balaban J connectivity index is 1.35. The number of aliphatic hydroxyl groups is 1. The summed E-state index contributed by atoms with van der Waals surface area (Å²) in [6.07, 6.45) is 0.635. The molecule has 0 radical (unpaired) electrons. The SMILES string of the molecule is C[C@@H]1[C@@H]([Si](C)(C)F)[C@H](CCO)O[C@@]12C(=O)N(Cc1cccc(N3N=C(c4ccccc4)CCC3=O)c1)c1ccc(Br)cc12. The van der Waals surface area contributed by atoms with Gasteiger partial charge in [-0.15, -0.1) is 0 Å². The van der Waals surface area contributed by atoms with Gasteiger partial charge in [0.2, 0.25) is 14.3 Å². The minimum Gasteiger partial charge on any atom is -0.396 e. The number of carbonyl (C=O) groups is 2. The van der Waals surface area contributed by atoms with Gasteiger partial charge < -0.3 is 18.9 Å². The summed E-state index contributed by atoms with van der Waals surface area (Å²) in [7, 11) is -3.27. The lowest BCUT2D eigenvalue weighted by atomic mass is 9.82. The number of halogens is 2. The van der Waals surface area contributed by atoms with Gasteiger partial charge in [0.05, 0.1) is 29.7 Å². The van der Waals surface area contributed by atoms with Crippen LogP contribution in [0.25, 0.3) is 0 Å². The highest BCUT2D eigenvalue weighted by atomic mass is 79.9. The highest BCUT2D eigenvalue weighted by Gasteiger charge is 2.66. The predicted molar refractivity (Wildman–Crippen MR) is 171 cm³/mol. The molecule has 1 saturated heterocycles. The third-order valence-electron chi connectivity index (χ3n) is 8.97. The molecule has 6 rings (SSSR count). The van der Waals surface area contributed by atoms with E-state index in [1.54, 1.807) is 18.0 Å². The van der Waals surface area contributed by atoms with Crippen molar-refractivity contribution in [2.45, 2.75) is 63.1 Å². The summed E-state index contributed by atoms with van der Waals surface area (Å²) < 4.78 is 23.2. The van der Waals surface area contributed by atoms with Crippen LogP contribution in [-0.2, 0) is 26.5 Å². The monoisotopic (exact) mass is 663 g/mol. The summed E-state index contributed by atoms with van der Waals surface area (Å²) >= 11 is 3.56. The molecule has 0 unspecified atom stereocenters. The molecule has 4 atom stereocenters. The van der Waals surface area contributed by atoms with Crippen LogP contribution < -0.4 is 9.91 Å². The average Bonchev–Trinajstić information content (AvgIpc) is 3.40. The van der Waals surface area contributed by atoms with E-state index in [1.165, 1.54) is 5.01 Å². The summed E-state index contributed by atoms with van der Waals surface area (Å²) in [5.41, 5.74) is 2.90. The number of aliphatic hydroxyl groups excluding tert-OH is 1. The van der Waals surface area contributed by atoms with Gasteiger partial charge in [-0.25, -0.2) is 5.01 Å². The summed E-state index contributed by atoms with van der Waals surface area (Å²) in [6.45, 7) is 5.31. The molecular formula is C33H35BrFN3O4Si. The van der Waals surface area contributed by atoms with Crippen molar-refractivity contribution in [3.8, 4) is 0 Å². The molecule has 1 fully saturated rings. The zero-order valence-corrected chi connectivity index (χ0v) is 27.1. The van der Waals surface area contributed by atoms with Crippen molar-refractivity contribution >= 4 is 53.2 Å². The number of hydrazone groups is 1. The predicted octanol–water partition coefficient (Wildman–Crippen LogP) is 6.68. The number of benzene rings is 3. The van der Waals surface area contributed by atoms with Crippen LogP contribution in [0.5, 0.6) is 0 Å². The molecule has 2 amide bonds. The molecule has 7 nitrogen and oxygen atoms in total. The van der Waals surface area contributed by atoms with Crippen LogP contribution in [-0.4, -0.2) is 43.8 Å². The lowest BCUT2D eigenvalue weighted by Crippen LogP contribution is -2.45. The fraction of sp³-hybridized carbons (Fsp3) is 0.364. The molecule has 43 heavy (non-hydrogen) atoms. The molecule has 0 aliphatic carbocycles. The van der Waals surface area contributed by atoms with Crippen molar-refractivity contribution < 1.29 is 23.5 Å². The van der Waals surface area contributed by atoms with E-state index in [1.807, 2.05) is 79.7 Å². The summed E-state index contributed by atoms with van der Waals surface area (Å²) in [5, 5.41) is 15.9. The fourth-order valence-corrected chi connectivity index (χ4v) is 10.0. The smallest absolute Gasteiger partial charge is 0.264 e. The second-order valence-electron chi connectivity index (χ2n) is 12.1. The second kappa shape index (κ2) is 11.4. The van der Waals surface area contributed by atoms with Gasteiger partial charge in [-0.2, -0.15) is 5.10 Å². The van der Waals surface area contributed by atoms with Crippen LogP contribution in [0.4, 0.5) is 15.5 Å². The zero-order chi connectivity index (χ0) is 30.5. The number of anilines is 2. The molecule has 3 aromatic carbocycles. The van der Waals surface area contributed by atoms with Gasteiger partial charge in [0.25, 0.3) is 5.91 Å². The third kappa shape index (κ3) is 5.18. The van der Waals surface area contributed by atoms with E-state index in [0.29, 0.717) is 29.8 Å². The van der Waals surface area contributed by atoms with Gasteiger partial charge in [-0.1, -0.05) is 65.3 Å². The number of rotatable bonds is 7. The van der Waals surface area contributed by atoms with Gasteiger partial charge in [0, 0.05) is 40.9 Å². The molecule has 0 bridgehead atoms. The Labute approximate surface area is 260 Å². The van der Waals surface area contributed by atoms with Gasteiger partial charge in [0.15, 0.2) is 5.60 Å². The summed E-state index contributed by atoms with van der Waals surface area (Å²) in [5.74, 6) is -0.750. The highest BCUT2D eigenvalue weighted by Crippen LogP contribution is 2.60. The molecule has 0 saturated carbocycles. The Morgan fingerprint density at radius 3 is 2.56 bits per heavy atom. The largest absolute Gasteiger partial charge is 0.396 e. The molecule has 1 N–H and O–H groups in total. The molecule has 1 spiro atoms. The van der Waals surface area contributed by atoms with E-state index in [-0.39, 0.29) is 31.4 Å². The number of carbonyl (C=O) groups excluding carboxylic acids is 2. The van der Waals surface area contributed by atoms with Crippen molar-refractivity contribution in [1.29, 1.82) is 0 Å². The van der Waals surface area contributed by atoms with E-state index in [9.17, 15) is 14.7 Å². The Kier molecular flexibility index (Phi) is 7.91. The van der Waals surface area contributed by atoms with E-state index in [4.69, 9.17) is 9.84 Å². The first kappa shape index (κ1) is 29.9. The Morgan fingerprint density at radius 1 is 1.07 bits per heavy atom. The quantitative estimate of drug-likeness (QED) is 0.226. The first-order chi connectivity index (χ1) is 20.5. The van der Waals surface area contributed by atoms with Crippen LogP contribution in [0, 0.1) is 5.92 Å². The van der Waals surface area contributed by atoms with E-state index in [2.05, 4.69) is 15.9 Å². The molecular weight excluding hydrogens is 629 g/mol. The average molecular weight is 665 g/mol. The van der Waals surface area contributed by atoms with Gasteiger partial charge in [-0.3, -0.25) is 9.59 Å². The lowest BCUT2D eigenvalue weighted by molar-refractivity contribution is -0.146. The van der Waals surface area contributed by atoms with Gasteiger partial charge in [-0.05, 0) is 61.0 Å². The molecule has 3 heterocycles. The normalized spacial score (nSPS) is 25.4. The minimum absolute atomic E-state index is 0.0876. The van der Waals surface area contributed by atoms with Crippen LogP contribution in [0.2, 0.25) is 18.6 Å². The van der Waals surface area contributed by atoms with Crippen molar-refractivity contribution in [1.82, 2.24) is 0 Å². The van der Waals surface area contributed by atoms with E-state index in [0.717, 1.165) is 21.3 Å². The van der Waals surface area contributed by atoms with Crippen molar-refractivity contribution in [2.24, 2.45) is 11.0 Å². The zero-order valence-electron chi connectivity index (χ0n) is 24.5. The Morgan fingerprint density at radius 2 is 1.84 bits per heavy atom. The fourth-order valence-electron chi connectivity index (χ4n) is 7.13. The number of hydrogen-bond acceptors (Lipinski definition) is 5. The van der Waals surface area contributed by atoms with Crippen molar-refractivity contribution in [3.63, 3.8) is 0 Å². The van der Waals surface area contributed by atoms with Crippen LogP contribution >= 0.6 is 15.9 Å². The number of fused-ring (bicyclic) bond motifs is 2. The molecule has 3 aliphatic rings. The molecule has 224 valence electrons. The Bertz CT molecular complexity index is 1600. The van der Waals surface area contributed by atoms with Crippen LogP contribution in [0.3, 0.4) is 0 Å². The maximum atomic E-state index is 15.8. The van der Waals surface area contributed by atoms with Crippen LogP contribution in [0.15, 0.2) is 82.4 Å². The van der Waals surface area contributed by atoms with Gasteiger partial charge >= 0.3 is 0 Å². The number of ether oxygens (including phenoxy) is 1. The summed E-state index contributed by atoms with van der Waals surface area (Å²) in [4.78, 5) is 29.2.